The lowest BCUT2D eigenvalue weighted by molar-refractivity contribution is 0.0240. The summed E-state index contributed by atoms with van der Waals surface area (Å²) in [7, 11) is -1.27. The zero-order chi connectivity index (χ0) is 33.9. The number of nitrogens with zero attached hydrogens (tertiary/aromatic N) is 5. The maximum atomic E-state index is 14.4. The van der Waals surface area contributed by atoms with Crippen molar-refractivity contribution in [2.45, 2.75) is 71.8 Å². The van der Waals surface area contributed by atoms with Gasteiger partial charge in [-0.05, 0) is 69.6 Å². The first-order valence-electron chi connectivity index (χ1n) is 16.2. The van der Waals surface area contributed by atoms with E-state index in [1.807, 2.05) is 62.7 Å². The van der Waals surface area contributed by atoms with Gasteiger partial charge in [0.05, 0.1) is 11.7 Å². The van der Waals surface area contributed by atoms with Gasteiger partial charge in [0.2, 0.25) is 0 Å². The predicted octanol–water partition coefficient (Wildman–Crippen LogP) is 7.92. The van der Waals surface area contributed by atoms with Crippen LogP contribution in [0.25, 0.3) is 22.2 Å². The Bertz CT molecular complexity index is 1710. The number of halogens is 2. The van der Waals surface area contributed by atoms with Crippen molar-refractivity contribution >= 4 is 36.7 Å². The summed E-state index contributed by atoms with van der Waals surface area (Å²) < 4.78 is 41.8. The summed E-state index contributed by atoms with van der Waals surface area (Å²) in [6.45, 7) is 17.9. The average Bonchev–Trinajstić information content (AvgIpc) is 3.39. The van der Waals surface area contributed by atoms with Crippen molar-refractivity contribution in [3.8, 4) is 11.1 Å². The van der Waals surface area contributed by atoms with Gasteiger partial charge in [0.15, 0.2) is 11.6 Å². The van der Waals surface area contributed by atoms with E-state index >= 15 is 0 Å². The lowest BCUT2D eigenvalue weighted by atomic mass is 10.0. The van der Waals surface area contributed by atoms with Gasteiger partial charge in [0.25, 0.3) is 0 Å². The van der Waals surface area contributed by atoms with Crippen molar-refractivity contribution in [1.29, 1.82) is 0 Å². The molecule has 1 aliphatic rings. The SMILES string of the molecule is CC(Nc1ccnc2c1c(-c1ccc(F)c(F)c1)cn2COCC[Si](C)(C)C)c1cccc(N2CCN(C(=O)OC(C)(C)C)CC2)n1. The maximum absolute atomic E-state index is 14.4. The summed E-state index contributed by atoms with van der Waals surface area (Å²) in [4.78, 5) is 26.1. The third-order valence-corrected chi connectivity index (χ3v) is 9.75. The molecule has 4 heterocycles. The van der Waals surface area contributed by atoms with Gasteiger partial charge in [-0.2, -0.15) is 0 Å². The van der Waals surface area contributed by atoms with Crippen LogP contribution in [0.2, 0.25) is 25.7 Å². The van der Waals surface area contributed by atoms with Crippen LogP contribution in [-0.4, -0.2) is 72.0 Å². The zero-order valence-corrected chi connectivity index (χ0v) is 29.4. The number of pyridine rings is 2. The highest BCUT2D eigenvalue weighted by molar-refractivity contribution is 6.76. The summed E-state index contributed by atoms with van der Waals surface area (Å²) >= 11 is 0. The van der Waals surface area contributed by atoms with Crippen LogP contribution in [0, 0.1) is 11.6 Å². The molecule has 1 aromatic carbocycles. The van der Waals surface area contributed by atoms with E-state index in [4.69, 9.17) is 14.5 Å². The smallest absolute Gasteiger partial charge is 0.410 e. The Hall–Kier alpha value is -4.03. The molecule has 252 valence electrons. The van der Waals surface area contributed by atoms with Crippen LogP contribution in [0.1, 0.15) is 39.4 Å². The molecule has 0 radical (unpaired) electrons. The summed E-state index contributed by atoms with van der Waals surface area (Å²) in [6.07, 6.45) is 3.33. The standard InChI is InChI=1S/C35H46F2N6O3Si/c1-24(29-9-8-10-31(40-29)41-15-17-42(18-16-41)34(44)46-35(2,3)4)39-30-13-14-38-33-32(30)26(25-11-12-27(36)28(37)21-25)22-43(33)23-45-19-20-47(5,6)7/h8-14,21-22,24H,15-20,23H2,1-7H3,(H,38,39). The van der Waals surface area contributed by atoms with Crippen LogP contribution in [-0.2, 0) is 16.2 Å². The molecule has 1 unspecified atom stereocenters. The van der Waals surface area contributed by atoms with E-state index in [0.717, 1.165) is 40.3 Å². The molecule has 1 N–H and O–H groups in total. The van der Waals surface area contributed by atoms with Gasteiger partial charge in [-0.25, -0.2) is 23.5 Å². The summed E-state index contributed by atoms with van der Waals surface area (Å²) in [5.41, 5.74) is 3.04. The highest BCUT2D eigenvalue weighted by atomic mass is 28.3. The van der Waals surface area contributed by atoms with Crippen LogP contribution in [0.3, 0.4) is 0 Å². The molecular formula is C35H46F2N6O3Si. The second-order valence-electron chi connectivity index (χ2n) is 14.3. The zero-order valence-electron chi connectivity index (χ0n) is 28.4. The molecule has 12 heteroatoms. The van der Waals surface area contributed by atoms with Gasteiger partial charge in [-0.3, -0.25) is 0 Å². The van der Waals surface area contributed by atoms with Crippen LogP contribution >= 0.6 is 0 Å². The first-order valence-corrected chi connectivity index (χ1v) is 19.9. The molecular weight excluding hydrogens is 619 g/mol. The molecule has 47 heavy (non-hydrogen) atoms. The predicted molar refractivity (Wildman–Crippen MR) is 185 cm³/mol. The lowest BCUT2D eigenvalue weighted by Gasteiger charge is -2.36. The highest BCUT2D eigenvalue weighted by Crippen LogP contribution is 2.37. The van der Waals surface area contributed by atoms with Crippen LogP contribution < -0.4 is 10.2 Å². The molecule has 1 amide bonds. The Morgan fingerprint density at radius 3 is 2.47 bits per heavy atom. The van der Waals surface area contributed by atoms with Crippen LogP contribution in [0.4, 0.5) is 25.1 Å². The number of amides is 1. The summed E-state index contributed by atoms with van der Waals surface area (Å²) in [6, 6.07) is 12.6. The van der Waals surface area contributed by atoms with E-state index < -0.39 is 25.3 Å². The number of piperazine rings is 1. The number of aromatic nitrogens is 3. The van der Waals surface area contributed by atoms with Crippen LogP contribution in [0.5, 0.6) is 0 Å². The van der Waals surface area contributed by atoms with Gasteiger partial charge in [-0.1, -0.05) is 31.8 Å². The van der Waals surface area contributed by atoms with Crippen molar-refractivity contribution in [2.75, 3.05) is 43.0 Å². The van der Waals surface area contributed by atoms with E-state index in [1.165, 1.54) is 6.07 Å². The molecule has 0 bridgehead atoms. The normalized spacial score (nSPS) is 14.8. The summed E-state index contributed by atoms with van der Waals surface area (Å²) in [5, 5.41) is 4.39. The second kappa shape index (κ2) is 14.0. The maximum Gasteiger partial charge on any atom is 0.410 e. The van der Waals surface area contributed by atoms with Crippen molar-refractivity contribution in [3.05, 3.63) is 72.2 Å². The number of rotatable bonds is 10. The average molecular weight is 665 g/mol. The monoisotopic (exact) mass is 664 g/mol. The Morgan fingerprint density at radius 1 is 1.04 bits per heavy atom. The first-order chi connectivity index (χ1) is 22.2. The number of ether oxygens (including phenoxy) is 2. The fraction of sp³-hybridized carbons (Fsp3) is 0.457. The first kappa shape index (κ1) is 34.3. The molecule has 1 fully saturated rings. The molecule has 0 spiro atoms. The quantitative estimate of drug-likeness (QED) is 0.136. The number of fused-ring (bicyclic) bond motifs is 1. The third kappa shape index (κ3) is 8.66. The van der Waals surface area contributed by atoms with Crippen molar-refractivity contribution < 1.29 is 23.0 Å². The van der Waals surface area contributed by atoms with E-state index in [0.29, 0.717) is 50.7 Å². The molecule has 1 saturated heterocycles. The van der Waals surface area contributed by atoms with Crippen molar-refractivity contribution in [1.82, 2.24) is 19.4 Å². The number of hydrogen-bond acceptors (Lipinski definition) is 7. The Balaban J connectivity index is 1.37. The van der Waals surface area contributed by atoms with Gasteiger partial charge >= 0.3 is 6.09 Å². The van der Waals surface area contributed by atoms with Crippen molar-refractivity contribution in [2.24, 2.45) is 0 Å². The number of nitrogens with one attached hydrogen (secondary N) is 1. The molecule has 1 aliphatic heterocycles. The van der Waals surface area contributed by atoms with E-state index in [9.17, 15) is 13.6 Å². The molecule has 4 aromatic rings. The Labute approximate surface area is 276 Å². The van der Waals surface area contributed by atoms with E-state index in [-0.39, 0.29) is 12.1 Å². The lowest BCUT2D eigenvalue weighted by Crippen LogP contribution is -2.50. The third-order valence-electron chi connectivity index (χ3n) is 8.04. The highest BCUT2D eigenvalue weighted by Gasteiger charge is 2.27. The minimum atomic E-state index is -1.27. The fourth-order valence-electron chi connectivity index (χ4n) is 5.47. The molecule has 1 atom stereocenters. The number of anilines is 2. The minimum Gasteiger partial charge on any atom is -0.444 e. The van der Waals surface area contributed by atoms with Crippen molar-refractivity contribution in [3.63, 3.8) is 0 Å². The van der Waals surface area contributed by atoms with E-state index in [2.05, 4.69) is 34.8 Å². The Kier molecular flexibility index (Phi) is 10.2. The molecule has 9 nitrogen and oxygen atoms in total. The van der Waals surface area contributed by atoms with E-state index in [1.54, 1.807) is 17.2 Å². The number of carbonyl (C=O) groups is 1. The largest absolute Gasteiger partial charge is 0.444 e. The van der Waals surface area contributed by atoms with Gasteiger partial charge in [0.1, 0.15) is 23.8 Å². The topological polar surface area (TPSA) is 84.8 Å². The van der Waals surface area contributed by atoms with Gasteiger partial charge < -0.3 is 29.2 Å². The molecule has 0 aliphatic carbocycles. The number of carbonyl (C=O) groups excluding carboxylic acids is 1. The van der Waals surface area contributed by atoms with Gasteiger partial charge in [0, 0.05) is 69.9 Å². The molecule has 0 saturated carbocycles. The Morgan fingerprint density at radius 2 is 1.79 bits per heavy atom. The molecule has 5 rings (SSSR count). The fourth-order valence-corrected chi connectivity index (χ4v) is 6.22. The second-order valence-corrected chi connectivity index (χ2v) is 19.9. The van der Waals surface area contributed by atoms with Crippen LogP contribution in [0.15, 0.2) is 54.9 Å². The minimum absolute atomic E-state index is 0.197. The number of hydrogen-bond donors (Lipinski definition) is 1. The summed E-state index contributed by atoms with van der Waals surface area (Å²) in [5.74, 6) is -0.965. The number of benzene rings is 1. The van der Waals surface area contributed by atoms with Gasteiger partial charge in [-0.15, -0.1) is 0 Å². The molecule has 3 aromatic heterocycles.